The van der Waals surface area contributed by atoms with E-state index in [-0.39, 0.29) is 43.3 Å². The molecule has 0 bridgehead atoms. The summed E-state index contributed by atoms with van der Waals surface area (Å²) in [4.78, 5) is 27.2. The first-order chi connectivity index (χ1) is 13.8. The maximum atomic E-state index is 13.3. The normalized spacial score (nSPS) is 11.6. The van der Waals surface area contributed by atoms with E-state index >= 15 is 0 Å². The lowest BCUT2D eigenvalue weighted by Gasteiger charge is -2.12. The molecule has 1 aromatic carbocycles. The molecule has 2 aromatic rings. The smallest absolute Gasteiger partial charge is 0.257 e. The highest BCUT2D eigenvalue weighted by molar-refractivity contribution is 6.30. The summed E-state index contributed by atoms with van der Waals surface area (Å²) < 4.78 is 31.4. The molecule has 1 heterocycles. The lowest BCUT2D eigenvalue weighted by Crippen LogP contribution is -2.33. The van der Waals surface area contributed by atoms with E-state index in [4.69, 9.17) is 16.3 Å². The van der Waals surface area contributed by atoms with E-state index in [2.05, 4.69) is 15.6 Å². The number of rotatable bonds is 10. The summed E-state index contributed by atoms with van der Waals surface area (Å²) in [5, 5.41) is 14.9. The Morgan fingerprint density at radius 2 is 1.97 bits per heavy atom. The molecular weight excluding hydrogens is 408 g/mol. The molecule has 0 aliphatic carbocycles. The number of carbonyl (C=O) groups is 2. The van der Waals surface area contributed by atoms with Gasteiger partial charge in [0.05, 0.1) is 23.7 Å². The van der Waals surface area contributed by atoms with E-state index < -0.39 is 29.6 Å². The summed E-state index contributed by atoms with van der Waals surface area (Å²) in [6, 6.07) is 5.06. The zero-order valence-electron chi connectivity index (χ0n) is 15.3. The number of benzene rings is 1. The van der Waals surface area contributed by atoms with Gasteiger partial charge in [-0.15, -0.1) is 0 Å². The Morgan fingerprint density at radius 3 is 2.69 bits per heavy atom. The van der Waals surface area contributed by atoms with Crippen molar-refractivity contribution in [2.45, 2.75) is 25.5 Å². The maximum absolute atomic E-state index is 13.3. The molecule has 0 fully saturated rings. The lowest BCUT2D eigenvalue weighted by atomic mass is 10.1. The first-order valence-electron chi connectivity index (χ1n) is 8.72. The van der Waals surface area contributed by atoms with E-state index in [1.165, 1.54) is 24.4 Å². The van der Waals surface area contributed by atoms with Crippen LogP contribution in [0.5, 0.6) is 5.75 Å². The van der Waals surface area contributed by atoms with Crippen LogP contribution in [0.3, 0.4) is 0 Å². The van der Waals surface area contributed by atoms with E-state index in [9.17, 15) is 23.5 Å². The third kappa shape index (κ3) is 8.41. The molecule has 0 aliphatic rings. The van der Waals surface area contributed by atoms with Crippen molar-refractivity contribution in [3.63, 3.8) is 0 Å². The fourth-order valence-corrected chi connectivity index (χ4v) is 2.40. The Balaban J connectivity index is 1.60. The molecule has 10 heteroatoms. The average molecular weight is 428 g/mol. The maximum Gasteiger partial charge on any atom is 0.257 e. The summed E-state index contributed by atoms with van der Waals surface area (Å²) in [6.45, 7) is -0.117. The summed E-state index contributed by atoms with van der Waals surface area (Å²) in [5.74, 6) is -1.87. The molecule has 1 aromatic heterocycles. The SMILES string of the molecule is O=C(COc1ccc(Cl)c(F)c1)NCCC(O)CC(=O)NCc1cncc(F)c1. The average Bonchev–Trinajstić information content (AvgIpc) is 2.67. The van der Waals surface area contributed by atoms with Crippen LogP contribution in [0.15, 0.2) is 36.7 Å². The third-order valence-electron chi connectivity index (χ3n) is 3.73. The lowest BCUT2D eigenvalue weighted by molar-refractivity contribution is -0.123. The second-order valence-electron chi connectivity index (χ2n) is 6.15. The number of pyridine rings is 1. The van der Waals surface area contributed by atoms with Crippen molar-refractivity contribution in [3.05, 3.63) is 58.9 Å². The highest BCUT2D eigenvalue weighted by atomic mass is 35.5. The number of carbonyl (C=O) groups excluding carboxylic acids is 2. The molecule has 2 amide bonds. The molecule has 1 atom stereocenters. The molecule has 7 nitrogen and oxygen atoms in total. The minimum absolute atomic E-state index is 0.0487. The largest absolute Gasteiger partial charge is 0.484 e. The highest BCUT2D eigenvalue weighted by Gasteiger charge is 2.12. The van der Waals surface area contributed by atoms with Gasteiger partial charge in [-0.3, -0.25) is 14.6 Å². The molecule has 0 spiro atoms. The van der Waals surface area contributed by atoms with Crippen molar-refractivity contribution in [2.24, 2.45) is 0 Å². The van der Waals surface area contributed by atoms with Crippen molar-refractivity contribution in [1.29, 1.82) is 0 Å². The third-order valence-corrected chi connectivity index (χ3v) is 4.04. The number of ether oxygens (including phenoxy) is 1. The Kier molecular flexibility index (Phi) is 8.75. The van der Waals surface area contributed by atoms with Gasteiger partial charge in [-0.1, -0.05) is 11.6 Å². The highest BCUT2D eigenvalue weighted by Crippen LogP contribution is 2.20. The number of amides is 2. The van der Waals surface area contributed by atoms with E-state index in [0.29, 0.717) is 5.56 Å². The molecule has 0 aliphatic heterocycles. The van der Waals surface area contributed by atoms with Gasteiger partial charge < -0.3 is 20.5 Å². The minimum Gasteiger partial charge on any atom is -0.484 e. The Labute approximate surface area is 171 Å². The van der Waals surface area contributed by atoms with Crippen LogP contribution in [0.25, 0.3) is 0 Å². The number of aliphatic hydroxyl groups is 1. The molecule has 1 unspecified atom stereocenters. The minimum atomic E-state index is -0.966. The zero-order chi connectivity index (χ0) is 21.2. The quantitative estimate of drug-likeness (QED) is 0.538. The van der Waals surface area contributed by atoms with Crippen LogP contribution in [0, 0.1) is 11.6 Å². The molecule has 29 heavy (non-hydrogen) atoms. The molecule has 0 radical (unpaired) electrons. The first kappa shape index (κ1) is 22.5. The second kappa shape index (κ2) is 11.3. The van der Waals surface area contributed by atoms with Crippen molar-refractivity contribution in [2.75, 3.05) is 13.2 Å². The second-order valence-corrected chi connectivity index (χ2v) is 6.56. The zero-order valence-corrected chi connectivity index (χ0v) is 16.1. The van der Waals surface area contributed by atoms with E-state index in [0.717, 1.165) is 12.3 Å². The number of nitrogens with zero attached hydrogens (tertiary/aromatic N) is 1. The van der Waals surface area contributed by atoms with Crippen molar-refractivity contribution in [3.8, 4) is 5.75 Å². The molecule has 0 saturated carbocycles. The van der Waals surface area contributed by atoms with Gasteiger partial charge in [0.15, 0.2) is 6.61 Å². The molecule has 2 rings (SSSR count). The van der Waals surface area contributed by atoms with Gasteiger partial charge in [0.25, 0.3) is 5.91 Å². The number of aromatic nitrogens is 1. The van der Waals surface area contributed by atoms with Crippen LogP contribution in [0.2, 0.25) is 5.02 Å². The fraction of sp³-hybridized carbons (Fsp3) is 0.316. The standard InChI is InChI=1S/C19H20ClF2N3O4/c20-16-2-1-15(7-17(16)22)29-11-19(28)24-4-3-14(26)6-18(27)25-9-12-5-13(21)10-23-8-12/h1-2,5,7-8,10,14,26H,3-4,6,9,11H2,(H,24,28)(H,25,27). The van der Waals surface area contributed by atoms with Gasteiger partial charge in [0.1, 0.15) is 17.4 Å². The van der Waals surface area contributed by atoms with E-state index in [1.807, 2.05) is 0 Å². The van der Waals surface area contributed by atoms with E-state index in [1.54, 1.807) is 0 Å². The van der Waals surface area contributed by atoms with Crippen LogP contribution in [-0.4, -0.2) is 41.2 Å². The Bertz CT molecular complexity index is 854. The summed E-state index contributed by atoms with van der Waals surface area (Å²) in [6.07, 6.45) is 1.50. The summed E-state index contributed by atoms with van der Waals surface area (Å²) in [5.41, 5.74) is 0.501. The molecule has 0 saturated heterocycles. The fourth-order valence-electron chi connectivity index (χ4n) is 2.29. The number of hydrogen-bond acceptors (Lipinski definition) is 5. The van der Waals surface area contributed by atoms with Crippen LogP contribution >= 0.6 is 11.6 Å². The van der Waals surface area contributed by atoms with Crippen LogP contribution < -0.4 is 15.4 Å². The summed E-state index contributed by atoms with van der Waals surface area (Å²) in [7, 11) is 0. The number of aliphatic hydroxyl groups excluding tert-OH is 1. The van der Waals surface area contributed by atoms with Gasteiger partial charge in [-0.25, -0.2) is 8.78 Å². The van der Waals surface area contributed by atoms with Crippen molar-refractivity contribution < 1.29 is 28.2 Å². The number of hydrogen-bond donors (Lipinski definition) is 3. The topological polar surface area (TPSA) is 101 Å². The van der Waals surface area contributed by atoms with Crippen LogP contribution in [0.1, 0.15) is 18.4 Å². The summed E-state index contributed by atoms with van der Waals surface area (Å²) >= 11 is 5.55. The Hall–Kier alpha value is -2.78. The molecule has 3 N–H and O–H groups in total. The number of nitrogens with one attached hydrogen (secondary N) is 2. The monoisotopic (exact) mass is 427 g/mol. The van der Waals surface area contributed by atoms with Gasteiger partial charge >= 0.3 is 0 Å². The number of halogens is 3. The van der Waals surface area contributed by atoms with Gasteiger partial charge in [0, 0.05) is 25.4 Å². The molecular formula is C19H20ClF2N3O4. The molecule has 156 valence electrons. The first-order valence-corrected chi connectivity index (χ1v) is 9.10. The van der Waals surface area contributed by atoms with Gasteiger partial charge in [-0.2, -0.15) is 0 Å². The van der Waals surface area contributed by atoms with Crippen molar-refractivity contribution in [1.82, 2.24) is 15.6 Å². The van der Waals surface area contributed by atoms with Gasteiger partial charge in [0.2, 0.25) is 5.91 Å². The Morgan fingerprint density at radius 1 is 1.17 bits per heavy atom. The van der Waals surface area contributed by atoms with Crippen LogP contribution in [-0.2, 0) is 16.1 Å². The predicted molar refractivity (Wildman–Crippen MR) is 101 cm³/mol. The van der Waals surface area contributed by atoms with Crippen LogP contribution in [0.4, 0.5) is 8.78 Å². The van der Waals surface area contributed by atoms with Gasteiger partial charge in [-0.05, 0) is 30.2 Å². The van der Waals surface area contributed by atoms with Crippen molar-refractivity contribution >= 4 is 23.4 Å². The predicted octanol–water partition coefficient (Wildman–Crippen LogP) is 1.97.